The molecule has 5 rings (SSSR count). The van der Waals surface area contributed by atoms with E-state index in [4.69, 9.17) is 9.72 Å². The van der Waals surface area contributed by atoms with E-state index in [0.717, 1.165) is 35.5 Å². The first-order valence-electron chi connectivity index (χ1n) is 12.2. The van der Waals surface area contributed by atoms with Crippen LogP contribution in [-0.2, 0) is 0 Å². The smallest absolute Gasteiger partial charge is 0.265 e. The number of piperidine rings is 1. The zero-order chi connectivity index (χ0) is 23.3. The fraction of sp³-hybridized carbons (Fsp3) is 0.310. The van der Waals surface area contributed by atoms with E-state index in [1.807, 2.05) is 79.7 Å². The van der Waals surface area contributed by atoms with Gasteiger partial charge in [0.25, 0.3) is 5.56 Å². The maximum atomic E-state index is 13.5. The molecule has 0 radical (unpaired) electrons. The van der Waals surface area contributed by atoms with Crippen LogP contribution >= 0.6 is 0 Å². The van der Waals surface area contributed by atoms with Crippen LogP contribution in [-0.4, -0.2) is 40.7 Å². The molecule has 2 heterocycles. The highest BCUT2D eigenvalue weighted by Gasteiger charge is 2.12. The van der Waals surface area contributed by atoms with E-state index in [0.29, 0.717) is 23.3 Å². The molecule has 4 aromatic rings. The van der Waals surface area contributed by atoms with Crippen molar-refractivity contribution < 1.29 is 4.74 Å². The van der Waals surface area contributed by atoms with Gasteiger partial charge in [-0.2, -0.15) is 0 Å². The van der Waals surface area contributed by atoms with Crippen LogP contribution in [0.3, 0.4) is 0 Å². The minimum atomic E-state index is -0.0597. The van der Waals surface area contributed by atoms with Crippen molar-refractivity contribution in [2.24, 2.45) is 0 Å². The topological polar surface area (TPSA) is 47.4 Å². The molecule has 5 heteroatoms. The average Bonchev–Trinajstić information content (AvgIpc) is 2.88. The Bertz CT molecular complexity index is 1310. The maximum Gasteiger partial charge on any atom is 0.265 e. The normalized spacial score (nSPS) is 14.4. The number of aryl methyl sites for hydroxylation is 1. The molecular weight excluding hydrogens is 422 g/mol. The molecule has 1 aliphatic rings. The number of aromatic nitrogens is 2. The monoisotopic (exact) mass is 453 g/mol. The standard InChI is InChI=1S/C29H31N3O2/c1-22-30-28-16-11-24(23-9-4-2-5-10-23)21-27(28)29(33)32(22)25-12-14-26(15-13-25)34-20-8-19-31-17-6-3-7-18-31/h2,4-5,9-16,21H,3,6-8,17-20H2,1H3. The Morgan fingerprint density at radius 3 is 2.41 bits per heavy atom. The van der Waals surface area contributed by atoms with E-state index >= 15 is 0 Å². The molecule has 1 aliphatic heterocycles. The van der Waals surface area contributed by atoms with E-state index in [-0.39, 0.29) is 5.56 Å². The second-order valence-corrected chi connectivity index (χ2v) is 9.00. The second-order valence-electron chi connectivity index (χ2n) is 9.00. The van der Waals surface area contributed by atoms with Crippen molar-refractivity contribution in [2.45, 2.75) is 32.6 Å². The first-order chi connectivity index (χ1) is 16.7. The number of rotatable bonds is 7. The maximum absolute atomic E-state index is 13.5. The number of hydrogen-bond acceptors (Lipinski definition) is 4. The van der Waals surface area contributed by atoms with Crippen LogP contribution in [0.2, 0.25) is 0 Å². The number of ether oxygens (including phenoxy) is 1. The van der Waals surface area contributed by atoms with Crippen molar-refractivity contribution >= 4 is 10.9 Å². The van der Waals surface area contributed by atoms with Crippen molar-refractivity contribution in [3.05, 3.63) is 89.0 Å². The van der Waals surface area contributed by atoms with Crippen molar-refractivity contribution in [3.63, 3.8) is 0 Å². The van der Waals surface area contributed by atoms with E-state index in [2.05, 4.69) is 4.90 Å². The summed E-state index contributed by atoms with van der Waals surface area (Å²) < 4.78 is 7.63. The lowest BCUT2D eigenvalue weighted by atomic mass is 10.0. The fourth-order valence-electron chi connectivity index (χ4n) is 4.76. The van der Waals surface area contributed by atoms with Crippen molar-refractivity contribution in [1.29, 1.82) is 0 Å². The molecule has 0 spiro atoms. The van der Waals surface area contributed by atoms with Crippen LogP contribution in [0.4, 0.5) is 0 Å². The van der Waals surface area contributed by atoms with Crippen LogP contribution in [0, 0.1) is 6.92 Å². The molecule has 1 saturated heterocycles. The Hall–Kier alpha value is -3.44. The highest BCUT2D eigenvalue weighted by atomic mass is 16.5. The van der Waals surface area contributed by atoms with Crippen LogP contribution in [0.1, 0.15) is 31.5 Å². The molecule has 1 fully saturated rings. The Morgan fingerprint density at radius 2 is 1.65 bits per heavy atom. The molecule has 0 aliphatic carbocycles. The molecule has 3 aromatic carbocycles. The third-order valence-corrected chi connectivity index (χ3v) is 6.57. The zero-order valence-electron chi connectivity index (χ0n) is 19.7. The van der Waals surface area contributed by atoms with E-state index in [1.54, 1.807) is 4.57 Å². The summed E-state index contributed by atoms with van der Waals surface area (Å²) in [4.78, 5) is 20.7. The number of hydrogen-bond donors (Lipinski definition) is 0. The Morgan fingerprint density at radius 1 is 0.882 bits per heavy atom. The average molecular weight is 454 g/mol. The molecule has 0 atom stereocenters. The quantitative estimate of drug-likeness (QED) is 0.341. The lowest BCUT2D eigenvalue weighted by Gasteiger charge is -2.26. The molecule has 1 aromatic heterocycles. The van der Waals surface area contributed by atoms with Crippen molar-refractivity contribution in [1.82, 2.24) is 14.5 Å². The molecular formula is C29H31N3O2. The second kappa shape index (κ2) is 10.2. The summed E-state index contributed by atoms with van der Waals surface area (Å²) in [6.07, 6.45) is 5.03. The number of likely N-dealkylation sites (tertiary alicyclic amines) is 1. The van der Waals surface area contributed by atoms with Gasteiger partial charge >= 0.3 is 0 Å². The highest BCUT2D eigenvalue weighted by Crippen LogP contribution is 2.23. The van der Waals surface area contributed by atoms with E-state index in [1.165, 1.54) is 32.4 Å². The minimum absolute atomic E-state index is 0.0597. The van der Waals surface area contributed by atoms with Crippen LogP contribution < -0.4 is 10.3 Å². The summed E-state index contributed by atoms with van der Waals surface area (Å²) >= 11 is 0. The highest BCUT2D eigenvalue weighted by molar-refractivity contribution is 5.84. The summed E-state index contributed by atoms with van der Waals surface area (Å²) in [7, 11) is 0. The van der Waals surface area contributed by atoms with Crippen LogP contribution in [0.15, 0.2) is 77.6 Å². The molecule has 0 amide bonds. The van der Waals surface area contributed by atoms with Gasteiger partial charge in [-0.25, -0.2) is 4.98 Å². The summed E-state index contributed by atoms with van der Waals surface area (Å²) in [5.74, 6) is 1.49. The molecule has 174 valence electrons. The summed E-state index contributed by atoms with van der Waals surface area (Å²) in [6.45, 7) is 6.11. The Balaban J connectivity index is 1.33. The zero-order valence-corrected chi connectivity index (χ0v) is 19.7. The SMILES string of the molecule is Cc1nc2ccc(-c3ccccc3)cc2c(=O)n1-c1ccc(OCCCN2CCCCC2)cc1. The van der Waals surface area contributed by atoms with Crippen molar-refractivity contribution in [2.75, 3.05) is 26.2 Å². The van der Waals surface area contributed by atoms with Gasteiger partial charge in [0.15, 0.2) is 0 Å². The summed E-state index contributed by atoms with van der Waals surface area (Å²) in [5, 5.41) is 0.616. The van der Waals surface area contributed by atoms with Gasteiger partial charge in [-0.15, -0.1) is 0 Å². The first kappa shape index (κ1) is 22.4. The molecule has 0 N–H and O–H groups in total. The van der Waals surface area contributed by atoms with Gasteiger partial charge in [-0.1, -0.05) is 42.8 Å². The molecule has 0 bridgehead atoms. The third kappa shape index (κ3) is 4.90. The third-order valence-electron chi connectivity index (χ3n) is 6.57. The Kier molecular flexibility index (Phi) is 6.72. The lowest BCUT2D eigenvalue weighted by Crippen LogP contribution is -2.31. The van der Waals surface area contributed by atoms with Gasteiger partial charge in [0.05, 0.1) is 23.2 Å². The van der Waals surface area contributed by atoms with E-state index in [9.17, 15) is 4.79 Å². The lowest BCUT2D eigenvalue weighted by molar-refractivity contribution is 0.205. The van der Waals surface area contributed by atoms with Crippen LogP contribution in [0.25, 0.3) is 27.7 Å². The van der Waals surface area contributed by atoms with Gasteiger partial charge < -0.3 is 9.64 Å². The number of fused-ring (bicyclic) bond motifs is 1. The predicted molar refractivity (Wildman–Crippen MR) is 138 cm³/mol. The minimum Gasteiger partial charge on any atom is -0.494 e. The molecule has 0 saturated carbocycles. The van der Waals surface area contributed by atoms with Gasteiger partial charge in [-0.3, -0.25) is 9.36 Å². The fourth-order valence-corrected chi connectivity index (χ4v) is 4.76. The predicted octanol–water partition coefficient (Wildman–Crippen LogP) is 5.62. The number of nitrogens with zero attached hydrogens (tertiary/aromatic N) is 3. The van der Waals surface area contributed by atoms with E-state index < -0.39 is 0 Å². The Labute approximate surface area is 200 Å². The molecule has 34 heavy (non-hydrogen) atoms. The number of benzene rings is 3. The van der Waals surface area contributed by atoms with Crippen LogP contribution in [0.5, 0.6) is 5.75 Å². The van der Waals surface area contributed by atoms with Gasteiger partial charge in [0.2, 0.25) is 0 Å². The summed E-state index contributed by atoms with van der Waals surface area (Å²) in [6, 6.07) is 23.7. The largest absolute Gasteiger partial charge is 0.494 e. The first-order valence-corrected chi connectivity index (χ1v) is 12.2. The van der Waals surface area contributed by atoms with Crippen molar-refractivity contribution in [3.8, 4) is 22.6 Å². The molecule has 5 nitrogen and oxygen atoms in total. The molecule has 0 unspecified atom stereocenters. The van der Waals surface area contributed by atoms with Gasteiger partial charge in [0, 0.05) is 6.54 Å². The van der Waals surface area contributed by atoms with Gasteiger partial charge in [-0.05, 0) is 86.8 Å². The summed E-state index contributed by atoms with van der Waals surface area (Å²) in [5.41, 5.74) is 3.54. The van der Waals surface area contributed by atoms with Gasteiger partial charge in [0.1, 0.15) is 11.6 Å².